The van der Waals surface area contributed by atoms with Crippen LogP contribution in [0.2, 0.25) is 44.8 Å². The summed E-state index contributed by atoms with van der Waals surface area (Å²) < 4.78 is 1.42. The van der Waals surface area contributed by atoms with Crippen LogP contribution < -0.4 is 24.8 Å². The molecular formula is C39H46Cl2Si2Zr-2. The van der Waals surface area contributed by atoms with Gasteiger partial charge in [-0.1, -0.05) is 86.6 Å². The monoisotopic (exact) mass is 730 g/mol. The van der Waals surface area contributed by atoms with Gasteiger partial charge in [-0.3, -0.25) is 5.20 Å². The van der Waals surface area contributed by atoms with Gasteiger partial charge in [0.25, 0.3) is 0 Å². The summed E-state index contributed by atoms with van der Waals surface area (Å²) in [5.74, 6) is 0. The third kappa shape index (κ3) is 10.4. The minimum absolute atomic E-state index is 0. The molecule has 0 fully saturated rings. The molecule has 230 valence electrons. The van der Waals surface area contributed by atoms with E-state index in [0.29, 0.717) is 0 Å². The van der Waals surface area contributed by atoms with E-state index in [1.54, 1.807) is 5.20 Å². The van der Waals surface area contributed by atoms with Gasteiger partial charge in [-0.2, -0.15) is 6.42 Å². The average Bonchev–Trinajstić information content (AvgIpc) is 3.60. The Bertz CT molecular complexity index is 1580. The van der Waals surface area contributed by atoms with Crippen molar-refractivity contribution in [3.63, 3.8) is 0 Å². The van der Waals surface area contributed by atoms with Gasteiger partial charge in [0.1, 0.15) is 0 Å². The maximum absolute atomic E-state index is 3.67. The van der Waals surface area contributed by atoms with Crippen LogP contribution in [0.25, 0.3) is 21.5 Å². The first-order chi connectivity index (χ1) is 19.8. The van der Waals surface area contributed by atoms with Gasteiger partial charge in [0.05, 0.1) is 0 Å². The van der Waals surface area contributed by atoms with Gasteiger partial charge in [-0.15, -0.1) is 39.7 Å². The van der Waals surface area contributed by atoms with E-state index in [1.807, 2.05) is 0 Å². The standard InChI is InChI=1S/C15H13.C13H10.C11H23Si2.2ClH.Zr/c1-10-3-5-14-12(7-10)9-13-8-11(2)4-6-15(13)14;1-3-7-12(8-4-1)11-13-9-5-2-6-10-13;1-12(2,3)10-7-8-11(9-10)13(4,5)6;;;/h3-9H,1-2H3;1-10H;10H,7,9H2,1-6H3;2*1H;/q-1;;-1;;;+2/p-2. The first-order valence-electron chi connectivity index (χ1n) is 15.2. The zero-order chi connectivity index (χ0) is 30.5. The van der Waals surface area contributed by atoms with E-state index in [0.717, 1.165) is 5.54 Å². The predicted molar refractivity (Wildman–Crippen MR) is 189 cm³/mol. The third-order valence-electron chi connectivity index (χ3n) is 8.28. The summed E-state index contributed by atoms with van der Waals surface area (Å²) in [4.78, 5) is 0. The van der Waals surface area contributed by atoms with Gasteiger partial charge in [-0.05, 0) is 13.8 Å². The van der Waals surface area contributed by atoms with E-state index in [2.05, 4.69) is 162 Å². The zero-order valence-corrected chi connectivity index (χ0v) is 33.5. The molecule has 1 atom stereocenters. The fraction of sp³-hybridized carbons (Fsp3) is 0.282. The van der Waals surface area contributed by atoms with E-state index < -0.39 is 16.1 Å². The second kappa shape index (κ2) is 16.7. The third-order valence-corrected chi connectivity index (χ3v) is 14.8. The van der Waals surface area contributed by atoms with E-state index in [9.17, 15) is 0 Å². The molecule has 0 spiro atoms. The summed E-state index contributed by atoms with van der Waals surface area (Å²) in [7, 11) is -1.92. The van der Waals surface area contributed by atoms with E-state index >= 15 is 0 Å². The summed E-state index contributed by atoms with van der Waals surface area (Å²) in [6, 6.07) is 36.7. The van der Waals surface area contributed by atoms with Gasteiger partial charge >= 0.3 is 99.2 Å². The van der Waals surface area contributed by atoms with Gasteiger partial charge in [0.2, 0.25) is 0 Å². The van der Waals surface area contributed by atoms with Crippen LogP contribution in [0.5, 0.6) is 0 Å². The Hall–Kier alpha value is -1.74. The van der Waals surface area contributed by atoms with E-state index in [-0.39, 0.29) is 24.8 Å². The van der Waals surface area contributed by atoms with Crippen molar-refractivity contribution in [3.05, 3.63) is 137 Å². The molecule has 0 radical (unpaired) electrons. The van der Waals surface area contributed by atoms with Crippen LogP contribution in [-0.2, 0) is 24.2 Å². The molecule has 0 saturated heterocycles. The minimum atomic E-state index is -1.02. The molecule has 44 heavy (non-hydrogen) atoms. The molecular weight excluding hydrogens is 687 g/mol. The molecule has 5 aromatic carbocycles. The number of rotatable bonds is 4. The summed E-state index contributed by atoms with van der Waals surface area (Å²) >= 11 is 1.46. The molecule has 1 aliphatic carbocycles. The van der Waals surface area contributed by atoms with Crippen molar-refractivity contribution in [1.82, 2.24) is 0 Å². The van der Waals surface area contributed by atoms with Crippen LogP contribution in [0.1, 0.15) is 35.1 Å². The molecule has 5 heteroatoms. The molecule has 1 aliphatic rings. The Kier molecular flexibility index (Phi) is 14.6. The van der Waals surface area contributed by atoms with Crippen molar-refractivity contribution in [3.8, 4) is 0 Å². The maximum atomic E-state index is 3.67. The van der Waals surface area contributed by atoms with Crippen molar-refractivity contribution in [2.45, 2.75) is 71.5 Å². The Morgan fingerprint density at radius 2 is 1.11 bits per heavy atom. The van der Waals surface area contributed by atoms with Crippen LogP contribution in [0.15, 0.2) is 108 Å². The topological polar surface area (TPSA) is 0 Å². The van der Waals surface area contributed by atoms with Crippen LogP contribution in [-0.4, -0.2) is 19.4 Å². The molecule has 0 bridgehead atoms. The second-order valence-electron chi connectivity index (χ2n) is 13.8. The molecule has 6 rings (SSSR count). The molecule has 0 nitrogen and oxygen atoms in total. The summed E-state index contributed by atoms with van der Waals surface area (Å²) in [5.41, 5.74) is 6.30. The molecule has 0 saturated carbocycles. The Morgan fingerprint density at radius 1 is 0.682 bits per heavy atom. The summed E-state index contributed by atoms with van der Waals surface area (Å²) in [6.45, 7) is 19.1. The molecule has 0 amide bonds. The van der Waals surface area contributed by atoms with Crippen molar-refractivity contribution < 1.29 is 49.0 Å². The van der Waals surface area contributed by atoms with Crippen molar-refractivity contribution in [1.29, 1.82) is 0 Å². The number of fused-ring (bicyclic) bond motifs is 3. The fourth-order valence-corrected chi connectivity index (χ4v) is 9.50. The number of hydrogen-bond donors (Lipinski definition) is 0. The SMILES string of the molecule is C[Si](C)(C)C1=[C-]CC([Si](C)(C)C)C1.Cc1ccc2c(c1)[cH-]c1cc(C)ccc12.[Cl-].[Cl-].[Zr+2]=[C](c1ccccc1)c1ccccc1. The average molecular weight is 733 g/mol. The number of hydrogen-bond acceptors (Lipinski definition) is 0. The Balaban J connectivity index is 0.000000226. The van der Waals surface area contributed by atoms with E-state index in [4.69, 9.17) is 0 Å². The zero-order valence-electron chi connectivity index (χ0n) is 27.6. The van der Waals surface area contributed by atoms with Crippen LogP contribution in [0.4, 0.5) is 0 Å². The van der Waals surface area contributed by atoms with E-state index in [1.165, 1.54) is 84.1 Å². The predicted octanol–water partition coefficient (Wildman–Crippen LogP) is 5.23. The van der Waals surface area contributed by atoms with Gasteiger partial charge < -0.3 is 30.9 Å². The number of allylic oxidation sites excluding steroid dienone is 2. The quantitative estimate of drug-likeness (QED) is 0.176. The molecule has 0 aromatic heterocycles. The van der Waals surface area contributed by atoms with Crippen molar-refractivity contribution >= 4 is 40.9 Å². The second-order valence-corrected chi connectivity index (χ2v) is 25.7. The van der Waals surface area contributed by atoms with Crippen LogP contribution in [0.3, 0.4) is 0 Å². The fourth-order valence-electron chi connectivity index (χ4n) is 5.46. The van der Waals surface area contributed by atoms with Crippen molar-refractivity contribution in [2.24, 2.45) is 0 Å². The molecule has 5 aromatic rings. The number of halogens is 2. The van der Waals surface area contributed by atoms with Gasteiger partial charge in [0, 0.05) is 16.1 Å². The first kappa shape index (κ1) is 38.4. The summed E-state index contributed by atoms with van der Waals surface area (Å²) in [6.07, 6.45) is 6.31. The molecule has 0 heterocycles. The molecule has 0 N–H and O–H groups in total. The number of benzene rings is 4. The normalized spacial score (nSPS) is 14.3. The van der Waals surface area contributed by atoms with Gasteiger partial charge in [-0.25, -0.2) is 0 Å². The van der Waals surface area contributed by atoms with Crippen LogP contribution >= 0.6 is 0 Å². The number of aryl methyl sites for hydroxylation is 2. The molecule has 1 unspecified atom stereocenters. The van der Waals surface area contributed by atoms with Crippen molar-refractivity contribution in [2.75, 3.05) is 0 Å². The Morgan fingerprint density at radius 3 is 1.45 bits per heavy atom. The van der Waals surface area contributed by atoms with Crippen LogP contribution in [0, 0.1) is 19.9 Å². The Labute approximate surface area is 295 Å². The summed E-state index contributed by atoms with van der Waals surface area (Å²) in [5, 5.41) is 7.16. The van der Waals surface area contributed by atoms with Gasteiger partial charge in [0.15, 0.2) is 0 Å². The molecule has 0 aliphatic heterocycles. The first-order valence-corrected chi connectivity index (χ1v) is 23.5.